The van der Waals surface area contributed by atoms with Gasteiger partial charge < -0.3 is 15.3 Å². The summed E-state index contributed by atoms with van der Waals surface area (Å²) in [5.41, 5.74) is 1.23. The highest BCUT2D eigenvalue weighted by molar-refractivity contribution is 5.22. The minimum atomic E-state index is -0.398. The Bertz CT molecular complexity index is 399. The van der Waals surface area contributed by atoms with Crippen LogP contribution in [0.3, 0.4) is 0 Å². The summed E-state index contributed by atoms with van der Waals surface area (Å²) in [5.74, 6) is 0.183. The number of aliphatic hydroxyl groups is 1. The number of nitrogens with zero attached hydrogens (tertiary/aromatic N) is 1. The van der Waals surface area contributed by atoms with Crippen molar-refractivity contribution in [1.29, 1.82) is 0 Å². The van der Waals surface area contributed by atoms with Gasteiger partial charge >= 0.3 is 0 Å². The molecule has 0 bridgehead atoms. The summed E-state index contributed by atoms with van der Waals surface area (Å²) in [4.78, 5) is 2.48. The van der Waals surface area contributed by atoms with Crippen LogP contribution in [0.5, 0.6) is 0 Å². The molecule has 2 unspecified atom stereocenters. The molecule has 3 heteroatoms. The van der Waals surface area contributed by atoms with Crippen molar-refractivity contribution in [3.63, 3.8) is 0 Å². The molecule has 0 aliphatic carbocycles. The Morgan fingerprint density at radius 2 is 1.95 bits per heavy atom. The van der Waals surface area contributed by atoms with Crippen LogP contribution in [-0.4, -0.2) is 48.8 Å². The Labute approximate surface area is 122 Å². The summed E-state index contributed by atoms with van der Waals surface area (Å²) in [6.07, 6.45) is 4.43. The first-order valence-corrected chi connectivity index (χ1v) is 7.60. The van der Waals surface area contributed by atoms with E-state index in [2.05, 4.69) is 34.5 Å². The lowest BCUT2D eigenvalue weighted by Gasteiger charge is -2.30. The Hall–Kier alpha value is -1.16. The predicted molar refractivity (Wildman–Crippen MR) is 83.9 cm³/mol. The zero-order valence-electron chi connectivity index (χ0n) is 12.3. The van der Waals surface area contributed by atoms with Crippen molar-refractivity contribution >= 4 is 0 Å². The second kappa shape index (κ2) is 8.20. The lowest BCUT2D eigenvalue weighted by molar-refractivity contribution is 0.165. The first-order chi connectivity index (χ1) is 9.81. The summed E-state index contributed by atoms with van der Waals surface area (Å²) >= 11 is 0. The lowest BCUT2D eigenvalue weighted by Crippen LogP contribution is -2.44. The zero-order chi connectivity index (χ0) is 14.2. The summed E-state index contributed by atoms with van der Waals surface area (Å²) in [7, 11) is 0. The number of rotatable bonds is 6. The molecule has 1 aromatic carbocycles. The standard InChI is InChI=1S/C17H26N2O/c1-2-6-17(20)16(15-7-4-3-5-8-15)9-12-19-13-10-18-11-14-19/h2-8,16-18,20H,9-14H2,1H3. The van der Waals surface area contributed by atoms with E-state index in [4.69, 9.17) is 0 Å². The van der Waals surface area contributed by atoms with Crippen molar-refractivity contribution in [1.82, 2.24) is 10.2 Å². The van der Waals surface area contributed by atoms with E-state index in [1.807, 2.05) is 25.1 Å². The average Bonchev–Trinajstić information content (AvgIpc) is 2.50. The topological polar surface area (TPSA) is 35.5 Å². The van der Waals surface area contributed by atoms with Crippen LogP contribution in [0.1, 0.15) is 24.8 Å². The molecule has 2 N–H and O–H groups in total. The van der Waals surface area contributed by atoms with Gasteiger partial charge in [-0.2, -0.15) is 0 Å². The molecule has 20 heavy (non-hydrogen) atoms. The third-order valence-corrected chi connectivity index (χ3v) is 4.00. The monoisotopic (exact) mass is 274 g/mol. The van der Waals surface area contributed by atoms with Gasteiger partial charge in [-0.1, -0.05) is 42.5 Å². The molecule has 0 saturated carbocycles. The Kier molecular flexibility index (Phi) is 6.25. The molecule has 2 rings (SSSR count). The van der Waals surface area contributed by atoms with Gasteiger partial charge in [-0.15, -0.1) is 0 Å². The van der Waals surface area contributed by atoms with E-state index in [0.29, 0.717) is 0 Å². The normalized spacial score (nSPS) is 20.1. The van der Waals surface area contributed by atoms with Gasteiger partial charge in [0, 0.05) is 32.1 Å². The highest BCUT2D eigenvalue weighted by Crippen LogP contribution is 2.25. The van der Waals surface area contributed by atoms with Crippen LogP contribution in [0.25, 0.3) is 0 Å². The molecule has 1 aliphatic rings. The smallest absolute Gasteiger partial charge is 0.0789 e. The largest absolute Gasteiger partial charge is 0.388 e. The van der Waals surface area contributed by atoms with Crippen LogP contribution in [0, 0.1) is 0 Å². The predicted octanol–water partition coefficient (Wildman–Crippen LogP) is 2.00. The molecule has 110 valence electrons. The van der Waals surface area contributed by atoms with E-state index in [1.165, 1.54) is 5.56 Å². The van der Waals surface area contributed by atoms with Crippen molar-refractivity contribution in [3.05, 3.63) is 48.0 Å². The maximum absolute atomic E-state index is 10.4. The number of piperazine rings is 1. The molecular weight excluding hydrogens is 248 g/mol. The number of allylic oxidation sites excluding steroid dienone is 1. The van der Waals surface area contributed by atoms with E-state index in [1.54, 1.807) is 0 Å². The fourth-order valence-corrected chi connectivity index (χ4v) is 2.82. The molecule has 1 aliphatic heterocycles. The second-order valence-electron chi connectivity index (χ2n) is 5.41. The van der Waals surface area contributed by atoms with Crippen molar-refractivity contribution in [2.45, 2.75) is 25.4 Å². The van der Waals surface area contributed by atoms with Gasteiger partial charge in [0.25, 0.3) is 0 Å². The van der Waals surface area contributed by atoms with E-state index >= 15 is 0 Å². The number of benzene rings is 1. The fourth-order valence-electron chi connectivity index (χ4n) is 2.82. The molecule has 1 aromatic rings. The Balaban J connectivity index is 1.99. The third kappa shape index (κ3) is 4.44. The summed E-state index contributed by atoms with van der Waals surface area (Å²) < 4.78 is 0. The summed E-state index contributed by atoms with van der Waals surface area (Å²) in [6.45, 7) is 7.39. The first kappa shape index (κ1) is 15.2. The first-order valence-electron chi connectivity index (χ1n) is 7.60. The van der Waals surface area contributed by atoms with Crippen LogP contribution in [0.15, 0.2) is 42.5 Å². The van der Waals surface area contributed by atoms with E-state index in [9.17, 15) is 5.11 Å². The van der Waals surface area contributed by atoms with Crippen molar-refractivity contribution in [2.75, 3.05) is 32.7 Å². The van der Waals surface area contributed by atoms with Gasteiger partial charge in [-0.25, -0.2) is 0 Å². The molecule has 1 saturated heterocycles. The lowest BCUT2D eigenvalue weighted by atomic mass is 9.89. The van der Waals surface area contributed by atoms with Crippen LogP contribution in [0.2, 0.25) is 0 Å². The minimum absolute atomic E-state index is 0.183. The van der Waals surface area contributed by atoms with Crippen molar-refractivity contribution < 1.29 is 5.11 Å². The van der Waals surface area contributed by atoms with Crippen LogP contribution >= 0.6 is 0 Å². The quantitative estimate of drug-likeness (QED) is 0.779. The van der Waals surface area contributed by atoms with Gasteiger partial charge in [0.15, 0.2) is 0 Å². The average molecular weight is 274 g/mol. The maximum atomic E-state index is 10.4. The zero-order valence-corrected chi connectivity index (χ0v) is 12.3. The molecule has 1 heterocycles. The highest BCUT2D eigenvalue weighted by Gasteiger charge is 2.20. The second-order valence-corrected chi connectivity index (χ2v) is 5.41. The van der Waals surface area contributed by atoms with Crippen LogP contribution in [0.4, 0.5) is 0 Å². The van der Waals surface area contributed by atoms with Crippen molar-refractivity contribution in [3.8, 4) is 0 Å². The number of aliphatic hydroxyl groups excluding tert-OH is 1. The maximum Gasteiger partial charge on any atom is 0.0789 e. The van der Waals surface area contributed by atoms with Crippen molar-refractivity contribution in [2.24, 2.45) is 0 Å². The molecule has 1 fully saturated rings. The summed E-state index contributed by atoms with van der Waals surface area (Å²) in [5, 5.41) is 13.7. The van der Waals surface area contributed by atoms with Crippen LogP contribution in [-0.2, 0) is 0 Å². The molecule has 3 nitrogen and oxygen atoms in total. The summed E-state index contributed by atoms with van der Waals surface area (Å²) in [6, 6.07) is 10.4. The van der Waals surface area contributed by atoms with E-state index in [-0.39, 0.29) is 5.92 Å². The van der Waals surface area contributed by atoms with Gasteiger partial charge in [0.2, 0.25) is 0 Å². The highest BCUT2D eigenvalue weighted by atomic mass is 16.3. The third-order valence-electron chi connectivity index (χ3n) is 4.00. The number of nitrogens with one attached hydrogen (secondary N) is 1. The molecule has 0 radical (unpaired) electrons. The molecule has 2 atom stereocenters. The SMILES string of the molecule is CC=CC(O)C(CCN1CCNCC1)c1ccccc1. The van der Waals surface area contributed by atoms with Gasteiger partial charge in [-0.3, -0.25) is 0 Å². The minimum Gasteiger partial charge on any atom is -0.388 e. The van der Waals surface area contributed by atoms with Crippen LogP contribution < -0.4 is 5.32 Å². The van der Waals surface area contributed by atoms with E-state index < -0.39 is 6.10 Å². The van der Waals surface area contributed by atoms with Gasteiger partial charge in [0.1, 0.15) is 0 Å². The Morgan fingerprint density at radius 3 is 2.60 bits per heavy atom. The molecule has 0 aromatic heterocycles. The van der Waals surface area contributed by atoms with Gasteiger partial charge in [0.05, 0.1) is 6.10 Å². The van der Waals surface area contributed by atoms with E-state index in [0.717, 1.165) is 39.1 Å². The molecule has 0 spiro atoms. The fraction of sp³-hybridized carbons (Fsp3) is 0.529. The van der Waals surface area contributed by atoms with Gasteiger partial charge in [-0.05, 0) is 25.5 Å². The Morgan fingerprint density at radius 1 is 1.25 bits per heavy atom. The molecular formula is C17H26N2O. The number of hydrogen-bond acceptors (Lipinski definition) is 3. The number of hydrogen-bond donors (Lipinski definition) is 2. The molecule has 0 amide bonds.